The summed E-state index contributed by atoms with van der Waals surface area (Å²) in [5.74, 6) is -0.348. The molecule has 1 aromatic heterocycles. The van der Waals surface area contributed by atoms with Gasteiger partial charge in [0, 0.05) is 28.2 Å². The Morgan fingerprint density at radius 3 is 2.53 bits per heavy atom. The molecular formula is C22H26ClN3O3S. The van der Waals surface area contributed by atoms with Gasteiger partial charge >= 0.3 is 0 Å². The number of hydrogen-bond acceptors (Lipinski definition) is 3. The van der Waals surface area contributed by atoms with Gasteiger partial charge in [-0.3, -0.25) is 4.79 Å². The number of aromatic nitrogens is 1. The van der Waals surface area contributed by atoms with Gasteiger partial charge in [0.25, 0.3) is 0 Å². The molecule has 0 aliphatic carbocycles. The second-order valence-corrected chi connectivity index (χ2v) is 9.54. The summed E-state index contributed by atoms with van der Waals surface area (Å²) >= 11 is 5.87. The molecule has 0 saturated carbocycles. The van der Waals surface area contributed by atoms with E-state index in [2.05, 4.69) is 15.0 Å². The number of benzene rings is 2. The molecule has 3 rings (SSSR count). The van der Waals surface area contributed by atoms with Crippen LogP contribution >= 0.6 is 11.6 Å². The number of halogens is 1. The number of nitrogens with one attached hydrogen (secondary N) is 3. The summed E-state index contributed by atoms with van der Waals surface area (Å²) < 4.78 is 28.4. The van der Waals surface area contributed by atoms with Crippen LogP contribution < -0.4 is 10.0 Å². The number of aromatic amines is 1. The van der Waals surface area contributed by atoms with Crippen LogP contribution in [0.2, 0.25) is 5.02 Å². The van der Waals surface area contributed by atoms with Gasteiger partial charge in [-0.05, 0) is 55.7 Å². The molecule has 0 unspecified atom stereocenters. The van der Waals surface area contributed by atoms with Crippen molar-refractivity contribution in [1.29, 1.82) is 0 Å². The maximum absolute atomic E-state index is 13.0. The van der Waals surface area contributed by atoms with Crippen LogP contribution in [0, 0.1) is 0 Å². The van der Waals surface area contributed by atoms with E-state index in [9.17, 15) is 13.2 Å². The first-order chi connectivity index (χ1) is 14.3. The normalized spacial score (nSPS) is 13.8. The van der Waals surface area contributed by atoms with Crippen molar-refractivity contribution in [2.75, 3.05) is 0 Å². The van der Waals surface area contributed by atoms with Crippen LogP contribution in [0.5, 0.6) is 0 Å². The second-order valence-electron chi connectivity index (χ2n) is 7.39. The minimum atomic E-state index is -3.91. The van der Waals surface area contributed by atoms with Crippen molar-refractivity contribution in [2.24, 2.45) is 0 Å². The Morgan fingerprint density at radius 2 is 1.83 bits per heavy atom. The predicted octanol–water partition coefficient (Wildman–Crippen LogP) is 4.02. The lowest BCUT2D eigenvalue weighted by molar-refractivity contribution is -0.123. The number of carbonyl (C=O) groups is 1. The van der Waals surface area contributed by atoms with Crippen molar-refractivity contribution >= 4 is 38.4 Å². The molecule has 8 heteroatoms. The van der Waals surface area contributed by atoms with Gasteiger partial charge in [-0.25, -0.2) is 8.42 Å². The topological polar surface area (TPSA) is 91.1 Å². The van der Waals surface area contributed by atoms with E-state index >= 15 is 0 Å². The highest BCUT2D eigenvalue weighted by Crippen LogP contribution is 2.20. The molecule has 6 nitrogen and oxygen atoms in total. The van der Waals surface area contributed by atoms with Crippen LogP contribution in [0.15, 0.2) is 59.6 Å². The standard InChI is InChI=1S/C22H26ClN3O3S/c1-3-6-15(2)25-22(27)21(13-16-14-24-20-8-5-4-7-19(16)20)26-30(28,29)18-11-9-17(23)10-12-18/h4-5,7-12,14-15,21,24,26H,3,6,13H2,1-2H3,(H,25,27)/t15-,21-/m0/s1. The van der Waals surface area contributed by atoms with Crippen molar-refractivity contribution in [3.8, 4) is 0 Å². The predicted molar refractivity (Wildman–Crippen MR) is 120 cm³/mol. The highest BCUT2D eigenvalue weighted by molar-refractivity contribution is 7.89. The van der Waals surface area contributed by atoms with Crippen LogP contribution in [0.3, 0.4) is 0 Å². The minimum absolute atomic E-state index is 0.0481. The lowest BCUT2D eigenvalue weighted by Crippen LogP contribution is -2.50. The number of carbonyl (C=O) groups excluding carboxylic acids is 1. The van der Waals surface area contributed by atoms with E-state index in [4.69, 9.17) is 11.6 Å². The average molecular weight is 448 g/mol. The lowest BCUT2D eigenvalue weighted by Gasteiger charge is -2.21. The Balaban J connectivity index is 1.88. The summed E-state index contributed by atoms with van der Waals surface area (Å²) in [6, 6.07) is 12.6. The van der Waals surface area contributed by atoms with Gasteiger partial charge in [-0.15, -0.1) is 0 Å². The second kappa shape index (κ2) is 9.64. The first-order valence-electron chi connectivity index (χ1n) is 9.93. The van der Waals surface area contributed by atoms with E-state index in [-0.39, 0.29) is 23.3 Å². The molecule has 1 amide bonds. The molecule has 0 aliphatic rings. The van der Waals surface area contributed by atoms with Crippen LogP contribution in [0.1, 0.15) is 32.3 Å². The quantitative estimate of drug-likeness (QED) is 0.462. The number of fused-ring (bicyclic) bond motifs is 1. The third-order valence-electron chi connectivity index (χ3n) is 4.95. The molecule has 0 fully saturated rings. The molecule has 30 heavy (non-hydrogen) atoms. The van der Waals surface area contributed by atoms with Crippen molar-refractivity contribution in [3.05, 3.63) is 65.3 Å². The summed E-state index contributed by atoms with van der Waals surface area (Å²) in [5, 5.41) is 4.33. The average Bonchev–Trinajstić information content (AvgIpc) is 3.11. The number of para-hydroxylation sites is 1. The van der Waals surface area contributed by atoms with Crippen molar-refractivity contribution in [1.82, 2.24) is 15.0 Å². The van der Waals surface area contributed by atoms with Gasteiger partial charge in [0.15, 0.2) is 0 Å². The fraction of sp³-hybridized carbons (Fsp3) is 0.318. The summed E-state index contributed by atoms with van der Waals surface area (Å²) in [6.07, 6.45) is 3.78. The molecule has 2 atom stereocenters. The number of H-pyrrole nitrogens is 1. The third kappa shape index (κ3) is 5.41. The zero-order valence-electron chi connectivity index (χ0n) is 17.0. The van der Waals surface area contributed by atoms with Gasteiger partial charge in [0.1, 0.15) is 6.04 Å². The van der Waals surface area contributed by atoms with Gasteiger partial charge < -0.3 is 10.3 Å². The summed E-state index contributed by atoms with van der Waals surface area (Å²) in [5.41, 5.74) is 1.80. The highest BCUT2D eigenvalue weighted by atomic mass is 35.5. The number of sulfonamides is 1. The van der Waals surface area contributed by atoms with Gasteiger partial charge in [0.2, 0.25) is 15.9 Å². The smallest absolute Gasteiger partial charge is 0.241 e. The Kier molecular flexibility index (Phi) is 7.18. The highest BCUT2D eigenvalue weighted by Gasteiger charge is 2.27. The third-order valence-corrected chi connectivity index (χ3v) is 6.69. The molecule has 3 aromatic rings. The molecule has 0 bridgehead atoms. The molecule has 0 spiro atoms. The Labute approximate surface area is 182 Å². The van der Waals surface area contributed by atoms with Crippen LogP contribution in [-0.4, -0.2) is 31.4 Å². The molecule has 0 saturated heterocycles. The minimum Gasteiger partial charge on any atom is -0.361 e. The number of amides is 1. The van der Waals surface area contributed by atoms with Gasteiger partial charge in [0.05, 0.1) is 4.90 Å². The van der Waals surface area contributed by atoms with Gasteiger partial charge in [-0.1, -0.05) is 43.1 Å². The van der Waals surface area contributed by atoms with E-state index in [1.807, 2.05) is 44.3 Å². The monoisotopic (exact) mass is 447 g/mol. The van der Waals surface area contributed by atoms with E-state index in [0.29, 0.717) is 5.02 Å². The number of rotatable bonds is 9. The van der Waals surface area contributed by atoms with Crippen molar-refractivity contribution < 1.29 is 13.2 Å². The van der Waals surface area contributed by atoms with E-state index < -0.39 is 16.1 Å². The van der Waals surface area contributed by atoms with Crippen molar-refractivity contribution in [3.63, 3.8) is 0 Å². The molecule has 0 radical (unpaired) electrons. The van der Waals surface area contributed by atoms with E-state index in [1.165, 1.54) is 24.3 Å². The Bertz CT molecular complexity index is 1110. The molecular weight excluding hydrogens is 422 g/mol. The lowest BCUT2D eigenvalue weighted by atomic mass is 10.0. The van der Waals surface area contributed by atoms with Crippen LogP contribution in [-0.2, 0) is 21.2 Å². The van der Waals surface area contributed by atoms with Crippen LogP contribution in [0.25, 0.3) is 10.9 Å². The molecule has 3 N–H and O–H groups in total. The first kappa shape index (κ1) is 22.3. The zero-order chi connectivity index (χ0) is 21.7. The molecule has 2 aromatic carbocycles. The molecule has 160 valence electrons. The fourth-order valence-electron chi connectivity index (χ4n) is 3.43. The fourth-order valence-corrected chi connectivity index (χ4v) is 4.75. The SMILES string of the molecule is CCC[C@H](C)NC(=O)[C@H](Cc1c[nH]c2ccccc12)NS(=O)(=O)c1ccc(Cl)cc1. The summed E-state index contributed by atoms with van der Waals surface area (Å²) in [6.45, 7) is 3.95. The molecule has 1 heterocycles. The van der Waals surface area contributed by atoms with E-state index in [0.717, 1.165) is 29.3 Å². The summed E-state index contributed by atoms with van der Waals surface area (Å²) in [4.78, 5) is 16.2. The Morgan fingerprint density at radius 1 is 1.13 bits per heavy atom. The number of hydrogen-bond donors (Lipinski definition) is 3. The van der Waals surface area contributed by atoms with E-state index in [1.54, 1.807) is 0 Å². The molecule has 0 aliphatic heterocycles. The maximum Gasteiger partial charge on any atom is 0.241 e. The Hall–Kier alpha value is -2.35. The first-order valence-corrected chi connectivity index (χ1v) is 11.8. The maximum atomic E-state index is 13.0. The van der Waals surface area contributed by atoms with Crippen molar-refractivity contribution in [2.45, 2.75) is 50.1 Å². The van der Waals surface area contributed by atoms with Crippen LogP contribution in [0.4, 0.5) is 0 Å². The van der Waals surface area contributed by atoms with Gasteiger partial charge in [-0.2, -0.15) is 4.72 Å². The largest absolute Gasteiger partial charge is 0.361 e. The summed E-state index contributed by atoms with van der Waals surface area (Å²) in [7, 11) is -3.91. The zero-order valence-corrected chi connectivity index (χ0v) is 18.6.